The second-order valence-corrected chi connectivity index (χ2v) is 6.23. The highest BCUT2D eigenvalue weighted by Crippen LogP contribution is 2.36. The predicted octanol–water partition coefficient (Wildman–Crippen LogP) is 2.37. The zero-order chi connectivity index (χ0) is 11.7. The van der Waals surface area contributed by atoms with E-state index in [0.717, 1.165) is 6.04 Å². The first kappa shape index (κ1) is 11.6. The van der Waals surface area contributed by atoms with E-state index in [2.05, 4.69) is 27.2 Å². The van der Waals surface area contributed by atoms with Gasteiger partial charge in [-0.2, -0.15) is 0 Å². The van der Waals surface area contributed by atoms with E-state index >= 15 is 0 Å². The van der Waals surface area contributed by atoms with E-state index in [1.807, 2.05) is 17.5 Å². The topological polar surface area (TPSA) is 19.4 Å². The number of piperidine rings is 1. The van der Waals surface area contributed by atoms with Gasteiger partial charge in [0.05, 0.1) is 6.04 Å². The Kier molecular flexibility index (Phi) is 3.45. The molecule has 4 heteroatoms. The summed E-state index contributed by atoms with van der Waals surface area (Å²) >= 11 is 1.83. The van der Waals surface area contributed by atoms with Gasteiger partial charge in [-0.1, -0.05) is 0 Å². The molecule has 0 N–H and O–H groups in total. The van der Waals surface area contributed by atoms with Crippen molar-refractivity contribution in [2.75, 3.05) is 26.7 Å². The van der Waals surface area contributed by atoms with Crippen molar-refractivity contribution in [3.8, 4) is 0 Å². The minimum absolute atomic E-state index is 0.614. The third-order valence-corrected chi connectivity index (χ3v) is 5.06. The monoisotopic (exact) mass is 251 g/mol. The largest absolute Gasteiger partial charge is 0.306 e. The Balaban J connectivity index is 1.69. The van der Waals surface area contributed by atoms with Crippen LogP contribution in [0.15, 0.2) is 11.6 Å². The molecule has 94 valence electrons. The van der Waals surface area contributed by atoms with Crippen LogP contribution >= 0.6 is 11.3 Å². The van der Waals surface area contributed by atoms with E-state index in [0.29, 0.717) is 6.04 Å². The Labute approximate surface area is 107 Å². The lowest BCUT2D eigenvalue weighted by molar-refractivity contribution is 0.110. The van der Waals surface area contributed by atoms with Gasteiger partial charge in [-0.15, -0.1) is 11.3 Å². The molecule has 1 atom stereocenters. The average Bonchev–Trinajstić information content (AvgIpc) is 3.00. The summed E-state index contributed by atoms with van der Waals surface area (Å²) in [5, 5.41) is 3.45. The van der Waals surface area contributed by atoms with E-state index in [1.54, 1.807) is 0 Å². The van der Waals surface area contributed by atoms with Crippen LogP contribution < -0.4 is 0 Å². The van der Waals surface area contributed by atoms with Gasteiger partial charge >= 0.3 is 0 Å². The van der Waals surface area contributed by atoms with Gasteiger partial charge in [0.2, 0.25) is 0 Å². The minimum Gasteiger partial charge on any atom is -0.306 e. The number of likely N-dealkylation sites (tertiary alicyclic amines) is 2. The van der Waals surface area contributed by atoms with Crippen LogP contribution in [0, 0.1) is 0 Å². The number of hydrogen-bond donors (Lipinski definition) is 0. The fraction of sp³-hybridized carbons (Fsp3) is 0.769. The molecule has 0 saturated carbocycles. The first-order chi connectivity index (χ1) is 8.34. The third-order valence-electron chi connectivity index (χ3n) is 4.19. The summed E-state index contributed by atoms with van der Waals surface area (Å²) in [6, 6.07) is 1.41. The summed E-state index contributed by atoms with van der Waals surface area (Å²) in [4.78, 5) is 9.70. The van der Waals surface area contributed by atoms with Crippen molar-refractivity contribution in [2.45, 2.75) is 37.8 Å². The normalized spacial score (nSPS) is 28.9. The van der Waals surface area contributed by atoms with E-state index in [4.69, 9.17) is 0 Å². The molecular formula is C13H21N3S. The van der Waals surface area contributed by atoms with Gasteiger partial charge in [0, 0.05) is 17.6 Å². The lowest BCUT2D eigenvalue weighted by Crippen LogP contribution is -2.43. The zero-order valence-corrected chi connectivity index (χ0v) is 11.3. The van der Waals surface area contributed by atoms with Crippen LogP contribution in [0.1, 0.15) is 36.7 Å². The third kappa shape index (κ3) is 2.39. The molecule has 2 fully saturated rings. The summed E-state index contributed by atoms with van der Waals surface area (Å²) < 4.78 is 0. The maximum atomic E-state index is 4.52. The SMILES string of the molecule is CN1CCC(N2CCCC2c2nccs2)CC1. The molecule has 2 aliphatic rings. The fourth-order valence-electron chi connectivity index (χ4n) is 3.22. The molecule has 3 nitrogen and oxygen atoms in total. The van der Waals surface area contributed by atoms with Crippen molar-refractivity contribution >= 4 is 11.3 Å². The summed E-state index contributed by atoms with van der Waals surface area (Å²) in [6.45, 7) is 3.79. The smallest absolute Gasteiger partial charge is 0.110 e. The highest BCUT2D eigenvalue weighted by Gasteiger charge is 2.34. The van der Waals surface area contributed by atoms with Crippen LogP contribution in [0.2, 0.25) is 0 Å². The van der Waals surface area contributed by atoms with E-state index in [-0.39, 0.29) is 0 Å². The molecule has 0 bridgehead atoms. The second-order valence-electron chi connectivity index (χ2n) is 5.30. The average molecular weight is 251 g/mol. The Bertz CT molecular complexity index is 344. The Morgan fingerprint density at radius 1 is 1.24 bits per heavy atom. The molecule has 1 unspecified atom stereocenters. The van der Waals surface area contributed by atoms with Crippen molar-refractivity contribution in [1.82, 2.24) is 14.8 Å². The Morgan fingerprint density at radius 3 is 2.76 bits per heavy atom. The molecule has 3 heterocycles. The van der Waals surface area contributed by atoms with Crippen molar-refractivity contribution in [1.29, 1.82) is 0 Å². The van der Waals surface area contributed by atoms with Crippen LogP contribution in [-0.4, -0.2) is 47.5 Å². The lowest BCUT2D eigenvalue weighted by atomic mass is 10.0. The van der Waals surface area contributed by atoms with Gasteiger partial charge in [-0.3, -0.25) is 4.90 Å². The molecule has 0 aromatic carbocycles. The number of nitrogens with zero attached hydrogens (tertiary/aromatic N) is 3. The summed E-state index contributed by atoms with van der Waals surface area (Å²) in [6.07, 6.45) is 7.26. The summed E-state index contributed by atoms with van der Waals surface area (Å²) in [5.74, 6) is 0. The van der Waals surface area contributed by atoms with Gasteiger partial charge in [0.1, 0.15) is 5.01 Å². The number of rotatable bonds is 2. The van der Waals surface area contributed by atoms with Crippen molar-refractivity contribution in [2.24, 2.45) is 0 Å². The molecule has 2 saturated heterocycles. The Morgan fingerprint density at radius 2 is 2.06 bits per heavy atom. The van der Waals surface area contributed by atoms with Gasteiger partial charge in [0.15, 0.2) is 0 Å². The Hall–Kier alpha value is -0.450. The number of hydrogen-bond acceptors (Lipinski definition) is 4. The molecule has 0 aliphatic carbocycles. The molecule has 0 spiro atoms. The molecule has 2 aliphatic heterocycles. The van der Waals surface area contributed by atoms with Crippen molar-refractivity contribution < 1.29 is 0 Å². The molecule has 0 amide bonds. The predicted molar refractivity (Wildman–Crippen MR) is 71.3 cm³/mol. The highest BCUT2D eigenvalue weighted by molar-refractivity contribution is 7.09. The fourth-order valence-corrected chi connectivity index (χ4v) is 4.01. The van der Waals surface area contributed by atoms with Gasteiger partial charge in [0.25, 0.3) is 0 Å². The number of thiazole rings is 1. The summed E-state index contributed by atoms with van der Waals surface area (Å²) in [5.41, 5.74) is 0. The van der Waals surface area contributed by atoms with E-state index in [9.17, 15) is 0 Å². The van der Waals surface area contributed by atoms with Crippen molar-refractivity contribution in [3.63, 3.8) is 0 Å². The van der Waals surface area contributed by atoms with E-state index in [1.165, 1.54) is 50.3 Å². The first-order valence-electron chi connectivity index (χ1n) is 6.68. The summed E-state index contributed by atoms with van der Waals surface area (Å²) in [7, 11) is 2.23. The quantitative estimate of drug-likeness (QED) is 0.804. The molecule has 1 aromatic heterocycles. The minimum atomic E-state index is 0.614. The molecule has 17 heavy (non-hydrogen) atoms. The highest BCUT2D eigenvalue weighted by atomic mass is 32.1. The van der Waals surface area contributed by atoms with Crippen molar-refractivity contribution in [3.05, 3.63) is 16.6 Å². The van der Waals surface area contributed by atoms with Gasteiger partial charge in [-0.25, -0.2) is 4.98 Å². The lowest BCUT2D eigenvalue weighted by Gasteiger charge is -2.37. The van der Waals surface area contributed by atoms with Crippen LogP contribution in [0.5, 0.6) is 0 Å². The standard InChI is InChI=1S/C13H21N3S/c1-15-8-4-11(5-9-15)16-7-2-3-12(16)13-14-6-10-17-13/h6,10-12H,2-5,7-9H2,1H3. The second kappa shape index (κ2) is 5.04. The molecular weight excluding hydrogens is 230 g/mol. The van der Waals surface area contributed by atoms with Crippen LogP contribution in [-0.2, 0) is 0 Å². The molecule has 0 radical (unpaired) electrons. The van der Waals surface area contributed by atoms with E-state index < -0.39 is 0 Å². The molecule has 1 aromatic rings. The maximum Gasteiger partial charge on any atom is 0.110 e. The van der Waals surface area contributed by atoms with Gasteiger partial charge < -0.3 is 4.90 Å². The first-order valence-corrected chi connectivity index (χ1v) is 7.56. The van der Waals surface area contributed by atoms with Gasteiger partial charge in [-0.05, 0) is 52.4 Å². The maximum absolute atomic E-state index is 4.52. The molecule has 3 rings (SSSR count). The zero-order valence-electron chi connectivity index (χ0n) is 10.5. The number of aromatic nitrogens is 1. The van der Waals surface area contributed by atoms with Crippen LogP contribution in [0.25, 0.3) is 0 Å². The van der Waals surface area contributed by atoms with Crippen LogP contribution in [0.3, 0.4) is 0 Å². The van der Waals surface area contributed by atoms with Crippen LogP contribution in [0.4, 0.5) is 0 Å².